The van der Waals surface area contributed by atoms with Gasteiger partial charge in [-0.25, -0.2) is 4.39 Å². The predicted octanol–water partition coefficient (Wildman–Crippen LogP) is 2.41. The lowest BCUT2D eigenvalue weighted by Crippen LogP contribution is -2.46. The first-order valence-corrected chi connectivity index (χ1v) is 10.6. The van der Waals surface area contributed by atoms with Gasteiger partial charge < -0.3 is 9.42 Å². The number of aryl methyl sites for hydroxylation is 2. The lowest BCUT2D eigenvalue weighted by atomic mass is 10.2. The van der Waals surface area contributed by atoms with Gasteiger partial charge in [0.25, 0.3) is 0 Å². The highest BCUT2D eigenvalue weighted by molar-refractivity contribution is 5.53. The standard InChI is InChI=1S/C22H23FN8O/c1-2-11-29-12-14-30(15-13-29)20-8-7-18-25-26-19(31(18)27-20)9-10-21-24-22(28-32-21)16-3-5-17(23)6-4-16/h2-8H,1,9-15H2. The quantitative estimate of drug-likeness (QED) is 0.410. The molecule has 9 nitrogen and oxygen atoms in total. The summed E-state index contributed by atoms with van der Waals surface area (Å²) in [7, 11) is 0. The number of benzene rings is 1. The van der Waals surface area contributed by atoms with Gasteiger partial charge in [-0.1, -0.05) is 11.2 Å². The van der Waals surface area contributed by atoms with Gasteiger partial charge in [-0.15, -0.1) is 21.9 Å². The van der Waals surface area contributed by atoms with Crippen LogP contribution in [-0.2, 0) is 12.8 Å². The van der Waals surface area contributed by atoms with E-state index in [-0.39, 0.29) is 5.82 Å². The summed E-state index contributed by atoms with van der Waals surface area (Å²) in [5, 5.41) is 17.3. The third-order valence-corrected chi connectivity index (χ3v) is 5.53. The van der Waals surface area contributed by atoms with Crippen LogP contribution < -0.4 is 4.90 Å². The number of anilines is 1. The van der Waals surface area contributed by atoms with Crippen molar-refractivity contribution in [2.75, 3.05) is 37.6 Å². The first kappa shape index (κ1) is 20.3. The molecule has 0 unspecified atom stereocenters. The normalized spacial score (nSPS) is 14.8. The van der Waals surface area contributed by atoms with Crippen molar-refractivity contribution in [3.05, 3.63) is 66.6 Å². The van der Waals surface area contributed by atoms with Gasteiger partial charge in [0.05, 0.1) is 0 Å². The van der Waals surface area contributed by atoms with Gasteiger partial charge in [0.15, 0.2) is 11.5 Å². The van der Waals surface area contributed by atoms with Crippen LogP contribution in [0.2, 0.25) is 0 Å². The average Bonchev–Trinajstić information content (AvgIpc) is 3.46. The predicted molar refractivity (Wildman–Crippen MR) is 117 cm³/mol. The maximum Gasteiger partial charge on any atom is 0.227 e. The smallest absolute Gasteiger partial charge is 0.227 e. The largest absolute Gasteiger partial charge is 0.353 e. The van der Waals surface area contributed by atoms with Crippen molar-refractivity contribution >= 4 is 11.5 Å². The maximum absolute atomic E-state index is 13.1. The van der Waals surface area contributed by atoms with Crippen LogP contribution in [0.15, 0.2) is 53.6 Å². The van der Waals surface area contributed by atoms with Gasteiger partial charge in [0.2, 0.25) is 11.7 Å². The SMILES string of the molecule is C=CCN1CCN(c2ccc3nnc(CCc4nc(-c5ccc(F)cc5)no4)n3n2)CC1. The Morgan fingerprint density at radius 3 is 2.59 bits per heavy atom. The number of hydrogen-bond donors (Lipinski definition) is 0. The number of halogens is 1. The molecule has 0 N–H and O–H groups in total. The Bertz CT molecular complexity index is 1210. The van der Waals surface area contributed by atoms with Crippen molar-refractivity contribution in [3.8, 4) is 11.4 Å². The van der Waals surface area contributed by atoms with E-state index in [2.05, 4.69) is 36.7 Å². The first-order valence-electron chi connectivity index (χ1n) is 10.6. The number of nitrogens with zero attached hydrogens (tertiary/aromatic N) is 8. The lowest BCUT2D eigenvalue weighted by molar-refractivity contribution is 0.283. The Kier molecular flexibility index (Phi) is 5.59. The van der Waals surface area contributed by atoms with Crippen molar-refractivity contribution < 1.29 is 8.91 Å². The minimum Gasteiger partial charge on any atom is -0.353 e. The molecular weight excluding hydrogens is 411 g/mol. The van der Waals surface area contributed by atoms with Crippen molar-refractivity contribution in [3.63, 3.8) is 0 Å². The zero-order chi connectivity index (χ0) is 21.9. The highest BCUT2D eigenvalue weighted by Gasteiger charge is 2.19. The molecule has 0 saturated carbocycles. The van der Waals surface area contributed by atoms with Crippen molar-refractivity contribution in [1.82, 2.24) is 34.9 Å². The molecule has 0 bridgehead atoms. The molecule has 0 atom stereocenters. The minimum absolute atomic E-state index is 0.304. The van der Waals surface area contributed by atoms with Crippen molar-refractivity contribution in [1.29, 1.82) is 0 Å². The molecule has 1 aromatic carbocycles. The molecule has 1 fully saturated rings. The molecule has 1 saturated heterocycles. The van der Waals surface area contributed by atoms with E-state index < -0.39 is 0 Å². The van der Waals surface area contributed by atoms with E-state index in [1.54, 1.807) is 16.6 Å². The van der Waals surface area contributed by atoms with Crippen LogP contribution in [0.4, 0.5) is 10.2 Å². The minimum atomic E-state index is -0.304. The van der Waals surface area contributed by atoms with E-state index in [0.29, 0.717) is 35.8 Å². The van der Waals surface area contributed by atoms with Crippen LogP contribution in [0.5, 0.6) is 0 Å². The third-order valence-electron chi connectivity index (χ3n) is 5.53. The monoisotopic (exact) mass is 434 g/mol. The van der Waals surface area contributed by atoms with Crippen LogP contribution in [0, 0.1) is 5.82 Å². The Morgan fingerprint density at radius 2 is 1.81 bits per heavy atom. The molecule has 0 radical (unpaired) electrons. The molecule has 4 heterocycles. The third kappa shape index (κ3) is 4.22. The second kappa shape index (κ2) is 8.83. The number of piperazine rings is 1. The number of hydrogen-bond acceptors (Lipinski definition) is 8. The molecule has 164 valence electrons. The lowest BCUT2D eigenvalue weighted by Gasteiger charge is -2.34. The summed E-state index contributed by atoms with van der Waals surface area (Å²) >= 11 is 0. The summed E-state index contributed by atoms with van der Waals surface area (Å²) in [6.07, 6.45) is 2.99. The van der Waals surface area contributed by atoms with E-state index in [9.17, 15) is 4.39 Å². The zero-order valence-corrected chi connectivity index (χ0v) is 17.6. The van der Waals surface area contributed by atoms with Crippen LogP contribution in [0.1, 0.15) is 11.7 Å². The van der Waals surface area contributed by atoms with Gasteiger partial charge in [-0.05, 0) is 36.4 Å². The van der Waals surface area contributed by atoms with Crippen LogP contribution in [0.3, 0.4) is 0 Å². The van der Waals surface area contributed by atoms with E-state index in [4.69, 9.17) is 9.62 Å². The van der Waals surface area contributed by atoms with Crippen molar-refractivity contribution in [2.45, 2.75) is 12.8 Å². The summed E-state index contributed by atoms with van der Waals surface area (Å²) < 4.78 is 20.3. The van der Waals surface area contributed by atoms with Crippen LogP contribution in [-0.4, -0.2) is 67.6 Å². The topological polar surface area (TPSA) is 88.5 Å². The van der Waals surface area contributed by atoms with Gasteiger partial charge in [0.1, 0.15) is 11.6 Å². The summed E-state index contributed by atoms with van der Waals surface area (Å²) in [4.78, 5) is 9.05. The molecule has 5 rings (SSSR count). The van der Waals surface area contributed by atoms with Crippen LogP contribution >= 0.6 is 0 Å². The molecule has 1 aliphatic rings. The van der Waals surface area contributed by atoms with Gasteiger partial charge in [-0.2, -0.15) is 9.50 Å². The molecule has 1 aliphatic heterocycles. The zero-order valence-electron chi connectivity index (χ0n) is 17.6. The number of aromatic nitrogens is 6. The molecule has 4 aromatic rings. The summed E-state index contributed by atoms with van der Waals surface area (Å²) in [5.74, 6) is 2.25. The highest BCUT2D eigenvalue weighted by atomic mass is 19.1. The number of fused-ring (bicyclic) bond motifs is 1. The molecule has 0 aliphatic carbocycles. The Hall–Kier alpha value is -3.66. The average molecular weight is 434 g/mol. The first-order chi connectivity index (χ1) is 15.7. The fourth-order valence-corrected chi connectivity index (χ4v) is 3.78. The Balaban J connectivity index is 1.27. The van der Waals surface area contributed by atoms with Gasteiger partial charge in [0, 0.05) is 51.1 Å². The fraction of sp³-hybridized carbons (Fsp3) is 0.318. The number of rotatable bonds is 7. The fourth-order valence-electron chi connectivity index (χ4n) is 3.78. The Labute approximate surface area is 184 Å². The molecule has 0 amide bonds. The van der Waals surface area contributed by atoms with Crippen LogP contribution in [0.25, 0.3) is 17.0 Å². The summed E-state index contributed by atoms with van der Waals surface area (Å²) in [6, 6.07) is 9.92. The molecule has 32 heavy (non-hydrogen) atoms. The summed E-state index contributed by atoms with van der Waals surface area (Å²) in [6.45, 7) is 8.52. The van der Waals surface area contributed by atoms with E-state index in [1.165, 1.54) is 12.1 Å². The van der Waals surface area contributed by atoms with E-state index in [0.717, 1.165) is 44.4 Å². The van der Waals surface area contributed by atoms with E-state index >= 15 is 0 Å². The van der Waals surface area contributed by atoms with Gasteiger partial charge in [-0.3, -0.25) is 4.90 Å². The highest BCUT2D eigenvalue weighted by Crippen LogP contribution is 2.18. The maximum atomic E-state index is 13.1. The summed E-state index contributed by atoms with van der Waals surface area (Å²) in [5.41, 5.74) is 1.40. The van der Waals surface area contributed by atoms with Crippen molar-refractivity contribution in [2.24, 2.45) is 0 Å². The molecular formula is C22H23FN8O. The van der Waals surface area contributed by atoms with Gasteiger partial charge >= 0.3 is 0 Å². The molecule has 10 heteroatoms. The van der Waals surface area contributed by atoms with E-state index in [1.807, 2.05) is 18.2 Å². The second-order valence-corrected chi connectivity index (χ2v) is 7.67. The molecule has 3 aromatic heterocycles. The Morgan fingerprint density at radius 1 is 1.00 bits per heavy atom. The molecule has 0 spiro atoms. The second-order valence-electron chi connectivity index (χ2n) is 7.67.